The van der Waals surface area contributed by atoms with E-state index in [4.69, 9.17) is 9.47 Å². The molecule has 1 unspecified atom stereocenters. The van der Waals surface area contributed by atoms with Gasteiger partial charge in [0.25, 0.3) is 0 Å². The van der Waals surface area contributed by atoms with Crippen LogP contribution in [-0.4, -0.2) is 59.5 Å². The van der Waals surface area contributed by atoms with E-state index in [1.165, 1.54) is 7.11 Å². The zero-order chi connectivity index (χ0) is 25.7. The number of amides is 2. The molecule has 36 heavy (non-hydrogen) atoms. The number of carbonyl (C=O) groups is 2. The molecule has 1 fully saturated rings. The van der Waals surface area contributed by atoms with E-state index in [1.807, 2.05) is 11.0 Å². The fourth-order valence-electron chi connectivity index (χ4n) is 4.22. The minimum atomic E-state index is -0.878. The Hall–Kier alpha value is -3.99. The van der Waals surface area contributed by atoms with Crippen molar-refractivity contribution in [3.63, 3.8) is 0 Å². The quantitative estimate of drug-likeness (QED) is 0.455. The van der Waals surface area contributed by atoms with Crippen LogP contribution in [0.3, 0.4) is 0 Å². The first-order valence-electron chi connectivity index (χ1n) is 11.5. The number of methoxy groups -OCH3 is 1. The maximum atomic E-state index is 13.9. The number of esters is 1. The van der Waals surface area contributed by atoms with Crippen LogP contribution in [-0.2, 0) is 16.6 Å². The summed E-state index contributed by atoms with van der Waals surface area (Å²) in [7, 11) is 3.18. The van der Waals surface area contributed by atoms with E-state index in [1.54, 1.807) is 36.1 Å². The highest BCUT2D eigenvalue weighted by Crippen LogP contribution is 2.33. The van der Waals surface area contributed by atoms with Gasteiger partial charge in [0.15, 0.2) is 0 Å². The number of ether oxygens (including phenoxy) is 2. The third kappa shape index (κ3) is 5.80. The second kappa shape index (κ2) is 11.2. The Balaban J connectivity index is 1.47. The van der Waals surface area contributed by atoms with Gasteiger partial charge in [0, 0.05) is 37.1 Å². The standard InChI is InChI=1S/C25H27F2N5O4/c1-31-21(9-10-28-31)18-15-17(29-25(34)30-20-7-5-16(26)14-19(20)27)6-8-23(18)36-13-12-32-11-3-4-22(32)24(33)35-2/h5-10,14-15,22H,3-4,11-13H2,1-2H3,(H2,29,30,34). The molecule has 2 aromatic carbocycles. The topological polar surface area (TPSA) is 97.7 Å². The highest BCUT2D eigenvalue weighted by molar-refractivity contribution is 6.00. The molecule has 2 N–H and O–H groups in total. The number of anilines is 2. The second-order valence-corrected chi connectivity index (χ2v) is 8.32. The van der Waals surface area contributed by atoms with Crippen molar-refractivity contribution in [2.75, 3.05) is 37.4 Å². The predicted molar refractivity (Wildman–Crippen MR) is 130 cm³/mol. The summed E-state index contributed by atoms with van der Waals surface area (Å²) in [4.78, 5) is 26.5. The molecular weight excluding hydrogens is 472 g/mol. The Morgan fingerprint density at radius 2 is 1.97 bits per heavy atom. The molecule has 1 atom stereocenters. The zero-order valence-electron chi connectivity index (χ0n) is 20.0. The molecule has 190 valence electrons. The summed E-state index contributed by atoms with van der Waals surface area (Å²) in [5, 5.41) is 9.23. The summed E-state index contributed by atoms with van der Waals surface area (Å²) < 4.78 is 39.6. The minimum Gasteiger partial charge on any atom is -0.492 e. The fourth-order valence-corrected chi connectivity index (χ4v) is 4.22. The van der Waals surface area contributed by atoms with Gasteiger partial charge in [-0.05, 0) is 55.8 Å². The van der Waals surface area contributed by atoms with E-state index < -0.39 is 17.7 Å². The van der Waals surface area contributed by atoms with Crippen LogP contribution < -0.4 is 15.4 Å². The van der Waals surface area contributed by atoms with E-state index in [0.29, 0.717) is 36.2 Å². The van der Waals surface area contributed by atoms with Crippen LogP contribution in [0.4, 0.5) is 25.0 Å². The lowest BCUT2D eigenvalue weighted by atomic mass is 10.1. The molecule has 2 heterocycles. The van der Waals surface area contributed by atoms with Gasteiger partial charge in [0.2, 0.25) is 0 Å². The number of rotatable bonds is 8. The lowest BCUT2D eigenvalue weighted by Gasteiger charge is -2.22. The molecule has 2 amide bonds. The maximum absolute atomic E-state index is 13.9. The summed E-state index contributed by atoms with van der Waals surface area (Å²) in [5.74, 6) is -1.28. The van der Waals surface area contributed by atoms with Crippen molar-refractivity contribution in [2.45, 2.75) is 18.9 Å². The molecular formula is C25H27F2N5O4. The van der Waals surface area contributed by atoms with Gasteiger partial charge in [-0.1, -0.05) is 0 Å². The molecule has 0 radical (unpaired) electrons. The van der Waals surface area contributed by atoms with Crippen molar-refractivity contribution in [1.82, 2.24) is 14.7 Å². The largest absolute Gasteiger partial charge is 0.492 e. The molecule has 4 rings (SSSR count). The van der Waals surface area contributed by atoms with Crippen molar-refractivity contribution < 1.29 is 27.8 Å². The summed E-state index contributed by atoms with van der Waals surface area (Å²) in [5.41, 5.74) is 1.73. The molecule has 3 aromatic rings. The summed E-state index contributed by atoms with van der Waals surface area (Å²) in [6.45, 7) is 1.69. The Morgan fingerprint density at radius 1 is 1.14 bits per heavy atom. The van der Waals surface area contributed by atoms with Crippen molar-refractivity contribution >= 4 is 23.4 Å². The van der Waals surface area contributed by atoms with E-state index >= 15 is 0 Å². The number of hydrogen-bond donors (Lipinski definition) is 2. The molecule has 11 heteroatoms. The molecule has 1 aliphatic heterocycles. The molecule has 0 saturated carbocycles. The maximum Gasteiger partial charge on any atom is 0.323 e. The number of aryl methyl sites for hydroxylation is 1. The van der Waals surface area contributed by atoms with Gasteiger partial charge in [-0.3, -0.25) is 14.4 Å². The predicted octanol–water partition coefficient (Wildman–Crippen LogP) is 4.03. The highest BCUT2D eigenvalue weighted by atomic mass is 19.1. The van der Waals surface area contributed by atoms with Gasteiger partial charge in [0.1, 0.15) is 30.0 Å². The van der Waals surface area contributed by atoms with Crippen LogP contribution in [0.1, 0.15) is 12.8 Å². The van der Waals surface area contributed by atoms with Crippen LogP contribution >= 0.6 is 0 Å². The van der Waals surface area contributed by atoms with Gasteiger partial charge in [-0.2, -0.15) is 5.10 Å². The number of nitrogens with one attached hydrogen (secondary N) is 2. The Bertz CT molecular complexity index is 1250. The van der Waals surface area contributed by atoms with E-state index in [2.05, 4.69) is 15.7 Å². The third-order valence-corrected chi connectivity index (χ3v) is 5.99. The number of hydrogen-bond acceptors (Lipinski definition) is 6. The Labute approximate surface area is 207 Å². The number of aromatic nitrogens is 2. The molecule has 0 spiro atoms. The molecule has 0 bridgehead atoms. The Morgan fingerprint density at radius 3 is 2.69 bits per heavy atom. The van der Waals surface area contributed by atoms with Gasteiger partial charge in [-0.15, -0.1) is 0 Å². The normalized spacial score (nSPS) is 15.5. The van der Waals surface area contributed by atoms with E-state index in [9.17, 15) is 18.4 Å². The molecule has 1 saturated heterocycles. The minimum absolute atomic E-state index is 0.145. The fraction of sp³-hybridized carbons (Fsp3) is 0.320. The average molecular weight is 500 g/mol. The number of urea groups is 1. The summed E-state index contributed by atoms with van der Waals surface area (Å²) in [6, 6.07) is 8.86. The first-order valence-corrected chi connectivity index (χ1v) is 11.5. The van der Waals surface area contributed by atoms with Crippen LogP contribution in [0, 0.1) is 11.6 Å². The zero-order valence-corrected chi connectivity index (χ0v) is 20.0. The number of likely N-dealkylation sites (tertiary alicyclic amines) is 1. The van der Waals surface area contributed by atoms with Crippen molar-refractivity contribution in [2.24, 2.45) is 7.05 Å². The molecule has 1 aliphatic rings. The Kier molecular flexibility index (Phi) is 7.79. The van der Waals surface area contributed by atoms with Gasteiger partial charge >= 0.3 is 12.0 Å². The van der Waals surface area contributed by atoms with E-state index in [-0.39, 0.29) is 17.7 Å². The third-order valence-electron chi connectivity index (χ3n) is 5.99. The molecule has 1 aromatic heterocycles. The van der Waals surface area contributed by atoms with Gasteiger partial charge in [-0.25, -0.2) is 13.6 Å². The number of carbonyl (C=O) groups excluding carboxylic acids is 2. The highest BCUT2D eigenvalue weighted by Gasteiger charge is 2.31. The van der Waals surface area contributed by atoms with Crippen LogP contribution in [0.2, 0.25) is 0 Å². The monoisotopic (exact) mass is 499 g/mol. The lowest BCUT2D eigenvalue weighted by molar-refractivity contribution is -0.145. The SMILES string of the molecule is COC(=O)C1CCCN1CCOc1ccc(NC(=O)Nc2ccc(F)cc2F)cc1-c1ccnn1C. The van der Waals surface area contributed by atoms with Crippen LogP contribution in [0.25, 0.3) is 11.3 Å². The molecule has 0 aliphatic carbocycles. The van der Waals surface area contributed by atoms with Crippen LogP contribution in [0.15, 0.2) is 48.7 Å². The smallest absolute Gasteiger partial charge is 0.323 e. The number of halogens is 2. The van der Waals surface area contributed by atoms with E-state index in [0.717, 1.165) is 37.2 Å². The molecule has 9 nitrogen and oxygen atoms in total. The van der Waals surface area contributed by atoms with Crippen molar-refractivity contribution in [3.8, 4) is 17.0 Å². The lowest BCUT2D eigenvalue weighted by Crippen LogP contribution is -2.39. The van der Waals surface area contributed by atoms with Crippen LogP contribution in [0.5, 0.6) is 5.75 Å². The number of nitrogens with zero attached hydrogens (tertiary/aromatic N) is 3. The first-order chi connectivity index (χ1) is 17.4. The summed E-state index contributed by atoms with van der Waals surface area (Å²) >= 11 is 0. The van der Waals surface area contributed by atoms with Gasteiger partial charge in [0.05, 0.1) is 18.5 Å². The van der Waals surface area contributed by atoms with Gasteiger partial charge < -0.3 is 20.1 Å². The average Bonchev–Trinajstić information content (AvgIpc) is 3.50. The first kappa shape index (κ1) is 25.1. The van der Waals surface area contributed by atoms with Crippen molar-refractivity contribution in [1.29, 1.82) is 0 Å². The summed E-state index contributed by atoms with van der Waals surface area (Å²) in [6.07, 6.45) is 3.33. The van der Waals surface area contributed by atoms with Crippen molar-refractivity contribution in [3.05, 3.63) is 60.3 Å². The number of benzene rings is 2. The second-order valence-electron chi connectivity index (χ2n) is 8.32.